The molecule has 0 saturated carbocycles. The SMILES string of the molecule is Cc1ccc(N(c2ccc(C)cc2)c2cc3ccc2CCc2ccc(c(Br)c2)CC3)cc1. The fourth-order valence-corrected chi connectivity index (χ4v) is 5.13. The van der Waals surface area contributed by atoms with Crippen LogP contribution in [0.25, 0.3) is 0 Å². The fraction of sp³-hybridized carbons (Fsp3) is 0.200. The normalized spacial score (nSPS) is 13.0. The lowest BCUT2D eigenvalue weighted by Gasteiger charge is -2.29. The molecule has 2 heteroatoms. The van der Waals surface area contributed by atoms with Gasteiger partial charge in [0, 0.05) is 21.5 Å². The van der Waals surface area contributed by atoms with Crippen molar-refractivity contribution in [1.29, 1.82) is 0 Å². The summed E-state index contributed by atoms with van der Waals surface area (Å²) in [7, 11) is 0. The van der Waals surface area contributed by atoms with Crippen molar-refractivity contribution < 1.29 is 0 Å². The summed E-state index contributed by atoms with van der Waals surface area (Å²) in [6.45, 7) is 4.29. The molecule has 0 unspecified atom stereocenters. The highest BCUT2D eigenvalue weighted by Crippen LogP contribution is 2.38. The second kappa shape index (κ2) is 8.96. The van der Waals surface area contributed by atoms with Gasteiger partial charge in [0.15, 0.2) is 0 Å². The van der Waals surface area contributed by atoms with Gasteiger partial charge in [-0.05, 0) is 98.2 Å². The zero-order valence-electron chi connectivity index (χ0n) is 18.7. The van der Waals surface area contributed by atoms with E-state index >= 15 is 0 Å². The summed E-state index contributed by atoms with van der Waals surface area (Å²) < 4.78 is 1.24. The molecule has 8 rings (SSSR count). The van der Waals surface area contributed by atoms with E-state index in [-0.39, 0.29) is 0 Å². The zero-order chi connectivity index (χ0) is 22.1. The molecule has 4 aliphatic carbocycles. The smallest absolute Gasteiger partial charge is 0.0496 e. The van der Waals surface area contributed by atoms with Crippen LogP contribution in [0.15, 0.2) is 89.4 Å². The Balaban J connectivity index is 1.64. The van der Waals surface area contributed by atoms with Gasteiger partial charge in [-0.3, -0.25) is 0 Å². The summed E-state index contributed by atoms with van der Waals surface area (Å²) >= 11 is 3.79. The molecule has 0 saturated heterocycles. The van der Waals surface area contributed by atoms with E-state index in [1.807, 2.05) is 0 Å². The van der Waals surface area contributed by atoms with Crippen LogP contribution in [0, 0.1) is 13.8 Å². The van der Waals surface area contributed by atoms with Crippen LogP contribution in [-0.4, -0.2) is 0 Å². The number of hydrogen-bond donors (Lipinski definition) is 0. The van der Waals surface area contributed by atoms with Gasteiger partial charge in [0.2, 0.25) is 0 Å². The van der Waals surface area contributed by atoms with E-state index in [4.69, 9.17) is 0 Å². The molecule has 0 atom stereocenters. The van der Waals surface area contributed by atoms with Crippen molar-refractivity contribution in [2.24, 2.45) is 0 Å². The van der Waals surface area contributed by atoms with Crippen LogP contribution in [0.5, 0.6) is 0 Å². The summed E-state index contributed by atoms with van der Waals surface area (Å²) in [5.41, 5.74) is 11.8. The topological polar surface area (TPSA) is 3.24 Å². The third-order valence-corrected chi connectivity index (χ3v) is 7.20. The number of aryl methyl sites for hydroxylation is 6. The van der Waals surface area contributed by atoms with Crippen molar-refractivity contribution in [2.75, 3.05) is 4.90 Å². The molecule has 0 radical (unpaired) electrons. The maximum absolute atomic E-state index is 3.79. The van der Waals surface area contributed by atoms with Crippen molar-refractivity contribution in [1.82, 2.24) is 0 Å². The Hall–Kier alpha value is -2.84. The highest BCUT2D eigenvalue weighted by atomic mass is 79.9. The molecule has 4 aromatic rings. The average molecular weight is 482 g/mol. The molecule has 0 amide bonds. The summed E-state index contributed by atoms with van der Waals surface area (Å²) in [5.74, 6) is 0. The van der Waals surface area contributed by atoms with E-state index in [9.17, 15) is 0 Å². The lowest BCUT2D eigenvalue weighted by atomic mass is 9.94. The van der Waals surface area contributed by atoms with Gasteiger partial charge in [-0.15, -0.1) is 0 Å². The first kappa shape index (κ1) is 21.0. The standard InChI is InChI=1S/C30H28BrN/c1-21-3-15-27(16-4-21)32(28-17-5-22(2)6-18-28)30-20-24-8-12-25-11-7-23(19-29(25)31)9-13-26(30)14-10-24/h3-7,10-11,14-20H,8-9,12-13H2,1-2H3. The van der Waals surface area contributed by atoms with E-state index in [1.165, 1.54) is 54.9 Å². The van der Waals surface area contributed by atoms with E-state index in [0.717, 1.165) is 25.7 Å². The van der Waals surface area contributed by atoms with Crippen molar-refractivity contribution >= 4 is 33.0 Å². The van der Waals surface area contributed by atoms with Gasteiger partial charge >= 0.3 is 0 Å². The summed E-state index contributed by atoms with van der Waals surface area (Å²) in [5, 5.41) is 0. The number of benzene rings is 4. The predicted molar refractivity (Wildman–Crippen MR) is 140 cm³/mol. The lowest BCUT2D eigenvalue weighted by Crippen LogP contribution is -2.13. The zero-order valence-corrected chi connectivity index (χ0v) is 20.3. The molecule has 4 aliphatic rings. The fourth-order valence-electron chi connectivity index (χ4n) is 4.51. The monoisotopic (exact) mass is 481 g/mol. The highest BCUT2D eigenvalue weighted by Gasteiger charge is 2.18. The molecule has 0 heterocycles. The molecule has 0 fully saturated rings. The van der Waals surface area contributed by atoms with Gasteiger partial charge in [-0.25, -0.2) is 0 Å². The van der Waals surface area contributed by atoms with E-state index in [0.29, 0.717) is 0 Å². The molecule has 32 heavy (non-hydrogen) atoms. The first-order valence-electron chi connectivity index (χ1n) is 11.4. The summed E-state index contributed by atoms with van der Waals surface area (Å²) in [6.07, 6.45) is 4.10. The van der Waals surface area contributed by atoms with E-state index < -0.39 is 0 Å². The first-order valence-corrected chi connectivity index (χ1v) is 12.2. The van der Waals surface area contributed by atoms with Gasteiger partial charge in [-0.1, -0.05) is 75.6 Å². The van der Waals surface area contributed by atoms with Crippen molar-refractivity contribution in [3.05, 3.63) is 123 Å². The number of nitrogens with zero attached hydrogens (tertiary/aromatic N) is 1. The summed E-state index contributed by atoms with van der Waals surface area (Å²) in [4.78, 5) is 2.43. The Labute approximate surface area is 199 Å². The second-order valence-electron chi connectivity index (χ2n) is 8.90. The van der Waals surface area contributed by atoms with Crippen molar-refractivity contribution in [3.63, 3.8) is 0 Å². The van der Waals surface area contributed by atoms with Crippen LogP contribution >= 0.6 is 15.9 Å². The molecule has 160 valence electrons. The highest BCUT2D eigenvalue weighted by molar-refractivity contribution is 9.10. The van der Waals surface area contributed by atoms with Crippen molar-refractivity contribution in [3.8, 4) is 0 Å². The van der Waals surface area contributed by atoms with Crippen LogP contribution < -0.4 is 4.90 Å². The minimum Gasteiger partial charge on any atom is -0.310 e. The van der Waals surface area contributed by atoms with E-state index in [1.54, 1.807) is 0 Å². The van der Waals surface area contributed by atoms with E-state index in [2.05, 4.69) is 120 Å². The second-order valence-corrected chi connectivity index (χ2v) is 9.75. The molecule has 0 aromatic heterocycles. The number of halogens is 1. The van der Waals surface area contributed by atoms with Crippen LogP contribution in [-0.2, 0) is 25.7 Å². The van der Waals surface area contributed by atoms with Crippen molar-refractivity contribution in [2.45, 2.75) is 39.5 Å². The summed E-state index contributed by atoms with van der Waals surface area (Å²) in [6, 6.07) is 31.8. The number of anilines is 3. The number of rotatable bonds is 3. The van der Waals surface area contributed by atoms with Crippen LogP contribution in [0.3, 0.4) is 0 Å². The predicted octanol–water partition coefficient (Wildman–Crippen LogP) is 8.42. The van der Waals surface area contributed by atoms with Crippen LogP contribution in [0.4, 0.5) is 17.1 Å². The Morgan fingerprint density at radius 1 is 0.562 bits per heavy atom. The molecular weight excluding hydrogens is 454 g/mol. The third kappa shape index (κ3) is 4.38. The van der Waals surface area contributed by atoms with Crippen LogP contribution in [0.2, 0.25) is 0 Å². The maximum Gasteiger partial charge on any atom is 0.0496 e. The molecule has 0 spiro atoms. The lowest BCUT2D eigenvalue weighted by molar-refractivity contribution is 0.914. The molecule has 0 N–H and O–H groups in total. The Morgan fingerprint density at radius 3 is 1.62 bits per heavy atom. The largest absolute Gasteiger partial charge is 0.310 e. The molecule has 1 nitrogen and oxygen atoms in total. The quantitative estimate of drug-likeness (QED) is 0.283. The first-order chi connectivity index (χ1) is 15.6. The Morgan fingerprint density at radius 2 is 1.06 bits per heavy atom. The molecular formula is C30H28BrN. The molecule has 4 aromatic carbocycles. The third-order valence-electron chi connectivity index (χ3n) is 6.46. The minimum atomic E-state index is 1.01. The molecule has 0 aliphatic heterocycles. The van der Waals surface area contributed by atoms with Gasteiger partial charge in [0.1, 0.15) is 0 Å². The van der Waals surface area contributed by atoms with Gasteiger partial charge in [-0.2, -0.15) is 0 Å². The van der Waals surface area contributed by atoms with Gasteiger partial charge in [0.05, 0.1) is 0 Å². The maximum atomic E-state index is 3.79. The number of hydrogen-bond acceptors (Lipinski definition) is 1. The Kier molecular flexibility index (Phi) is 5.89. The molecule has 4 bridgehead atoms. The average Bonchev–Trinajstić information content (AvgIpc) is 2.79. The van der Waals surface area contributed by atoms with Gasteiger partial charge in [0.25, 0.3) is 0 Å². The Bertz CT molecular complexity index is 1190. The van der Waals surface area contributed by atoms with Crippen LogP contribution in [0.1, 0.15) is 33.4 Å². The minimum absolute atomic E-state index is 1.01. The van der Waals surface area contributed by atoms with Gasteiger partial charge < -0.3 is 4.90 Å².